The average Bonchev–Trinajstić information content (AvgIpc) is 3.26. The first kappa shape index (κ1) is 20.5. The van der Waals surface area contributed by atoms with Crippen molar-refractivity contribution in [1.82, 2.24) is 9.55 Å². The summed E-state index contributed by atoms with van der Waals surface area (Å²) in [5, 5.41) is 5.03. The number of carbonyl (C=O) groups excluding carboxylic acids is 2. The van der Waals surface area contributed by atoms with Gasteiger partial charge in [0.1, 0.15) is 11.4 Å². The van der Waals surface area contributed by atoms with E-state index in [1.165, 1.54) is 29.2 Å². The highest BCUT2D eigenvalue weighted by molar-refractivity contribution is 7.16. The molecule has 1 atom stereocenters. The summed E-state index contributed by atoms with van der Waals surface area (Å²) in [5.41, 5.74) is 2.11. The van der Waals surface area contributed by atoms with Crippen molar-refractivity contribution in [2.75, 3.05) is 5.32 Å². The van der Waals surface area contributed by atoms with Gasteiger partial charge in [-0.05, 0) is 30.0 Å². The summed E-state index contributed by atoms with van der Waals surface area (Å²) >= 11 is 1.35. The minimum Gasteiger partial charge on any atom is -0.451 e. The number of rotatable bonds is 6. The number of anilines is 1. The van der Waals surface area contributed by atoms with E-state index < -0.39 is 18.0 Å². The van der Waals surface area contributed by atoms with Crippen LogP contribution in [-0.4, -0.2) is 27.5 Å². The van der Waals surface area contributed by atoms with Crippen molar-refractivity contribution in [2.24, 2.45) is 0 Å². The number of amides is 1. The molecule has 8 heteroatoms. The molecule has 4 aromatic rings. The molecule has 7 nitrogen and oxygen atoms in total. The zero-order chi connectivity index (χ0) is 21.8. The van der Waals surface area contributed by atoms with Crippen LogP contribution in [0.25, 0.3) is 21.3 Å². The third-order valence-corrected chi connectivity index (χ3v) is 5.52. The number of esters is 1. The average molecular weight is 433 g/mol. The maximum atomic E-state index is 12.6. The highest BCUT2D eigenvalue weighted by Gasteiger charge is 2.20. The maximum Gasteiger partial charge on any atom is 0.326 e. The number of nitrogens with one attached hydrogen (secondary N) is 1. The zero-order valence-corrected chi connectivity index (χ0v) is 17.5. The van der Waals surface area contributed by atoms with E-state index in [1.807, 2.05) is 48.5 Å². The Balaban J connectivity index is 1.43. The standard InChI is InChI=1S/C23H19N3O4S/c1-15(30-20(27)13-26-14-24-22-18(23(26)29)11-12-31-22)21(28)25-19-10-6-5-9-17(19)16-7-3-2-4-8-16/h2-12,14-15H,13H2,1H3,(H,25,28)/t15-/m0/s1. The summed E-state index contributed by atoms with van der Waals surface area (Å²) in [4.78, 5) is 42.1. The zero-order valence-electron chi connectivity index (χ0n) is 16.6. The molecule has 0 fully saturated rings. The van der Waals surface area contributed by atoms with Gasteiger partial charge in [-0.1, -0.05) is 48.5 Å². The van der Waals surface area contributed by atoms with Gasteiger partial charge in [-0.25, -0.2) is 4.98 Å². The lowest BCUT2D eigenvalue weighted by Gasteiger charge is -2.16. The fraction of sp³-hybridized carbons (Fsp3) is 0.130. The van der Waals surface area contributed by atoms with E-state index in [4.69, 9.17) is 4.74 Å². The van der Waals surface area contributed by atoms with Gasteiger partial charge in [0.2, 0.25) is 0 Å². The highest BCUT2D eigenvalue weighted by Crippen LogP contribution is 2.27. The summed E-state index contributed by atoms with van der Waals surface area (Å²) < 4.78 is 6.42. The van der Waals surface area contributed by atoms with Crippen LogP contribution in [0.2, 0.25) is 0 Å². The lowest BCUT2D eigenvalue weighted by molar-refractivity contribution is -0.153. The van der Waals surface area contributed by atoms with E-state index in [1.54, 1.807) is 17.5 Å². The van der Waals surface area contributed by atoms with Crippen molar-refractivity contribution in [2.45, 2.75) is 19.6 Å². The maximum absolute atomic E-state index is 12.6. The molecule has 156 valence electrons. The van der Waals surface area contributed by atoms with Gasteiger partial charge in [-0.15, -0.1) is 11.3 Å². The first-order chi connectivity index (χ1) is 15.0. The molecule has 4 rings (SSSR count). The van der Waals surface area contributed by atoms with Gasteiger partial charge in [-0.3, -0.25) is 19.0 Å². The van der Waals surface area contributed by atoms with Crippen molar-refractivity contribution in [3.8, 4) is 11.1 Å². The molecule has 0 unspecified atom stereocenters. The predicted molar refractivity (Wildman–Crippen MR) is 120 cm³/mol. The van der Waals surface area contributed by atoms with Gasteiger partial charge < -0.3 is 10.1 Å². The van der Waals surface area contributed by atoms with E-state index in [-0.39, 0.29) is 12.1 Å². The predicted octanol–water partition coefficient (Wildman–Crippen LogP) is 3.70. The van der Waals surface area contributed by atoms with E-state index in [0.717, 1.165) is 11.1 Å². The largest absolute Gasteiger partial charge is 0.451 e. The van der Waals surface area contributed by atoms with E-state index in [0.29, 0.717) is 15.9 Å². The number of ether oxygens (including phenoxy) is 1. The van der Waals surface area contributed by atoms with Crippen LogP contribution in [0.3, 0.4) is 0 Å². The second kappa shape index (κ2) is 8.93. The Hall–Kier alpha value is -3.78. The van der Waals surface area contributed by atoms with Crippen molar-refractivity contribution < 1.29 is 14.3 Å². The second-order valence-corrected chi connectivity index (χ2v) is 7.74. The van der Waals surface area contributed by atoms with Gasteiger partial charge in [0.15, 0.2) is 6.10 Å². The van der Waals surface area contributed by atoms with E-state index in [2.05, 4.69) is 10.3 Å². The first-order valence-electron chi connectivity index (χ1n) is 9.60. The summed E-state index contributed by atoms with van der Waals surface area (Å²) in [6.45, 7) is 1.16. The molecule has 2 heterocycles. The Bertz CT molecular complexity index is 1300. The number of para-hydroxylation sites is 1. The molecule has 0 bridgehead atoms. The number of hydrogen-bond donors (Lipinski definition) is 1. The molecular formula is C23H19N3O4S. The van der Waals surface area contributed by atoms with Gasteiger partial charge in [0.25, 0.3) is 11.5 Å². The molecule has 1 amide bonds. The smallest absolute Gasteiger partial charge is 0.326 e. The van der Waals surface area contributed by atoms with E-state index in [9.17, 15) is 14.4 Å². The van der Waals surface area contributed by atoms with Crippen LogP contribution in [-0.2, 0) is 20.9 Å². The lowest BCUT2D eigenvalue weighted by atomic mass is 10.0. The molecule has 1 N–H and O–H groups in total. The molecule has 0 aliphatic rings. The summed E-state index contributed by atoms with van der Waals surface area (Å²) in [5.74, 6) is -1.16. The quantitative estimate of drug-likeness (QED) is 0.468. The topological polar surface area (TPSA) is 90.3 Å². The number of aromatic nitrogens is 2. The fourth-order valence-electron chi connectivity index (χ4n) is 3.13. The van der Waals surface area contributed by atoms with E-state index >= 15 is 0 Å². The second-order valence-electron chi connectivity index (χ2n) is 6.85. The monoisotopic (exact) mass is 433 g/mol. The Morgan fingerprint density at radius 3 is 2.65 bits per heavy atom. The third kappa shape index (κ3) is 4.54. The van der Waals surface area contributed by atoms with Crippen LogP contribution in [0, 0.1) is 0 Å². The fourth-order valence-corrected chi connectivity index (χ4v) is 3.85. The van der Waals surface area contributed by atoms with Gasteiger partial charge >= 0.3 is 5.97 Å². The highest BCUT2D eigenvalue weighted by atomic mass is 32.1. The summed E-state index contributed by atoms with van der Waals surface area (Å²) in [6, 6.07) is 18.7. The molecule has 2 aromatic carbocycles. The number of carbonyl (C=O) groups is 2. The number of benzene rings is 2. The van der Waals surface area contributed by atoms with Crippen LogP contribution < -0.4 is 10.9 Å². The molecule has 2 aromatic heterocycles. The number of fused-ring (bicyclic) bond motifs is 1. The third-order valence-electron chi connectivity index (χ3n) is 4.70. The van der Waals surface area contributed by atoms with Gasteiger partial charge in [-0.2, -0.15) is 0 Å². The van der Waals surface area contributed by atoms with Crippen LogP contribution in [0.1, 0.15) is 6.92 Å². The van der Waals surface area contributed by atoms with Crippen molar-refractivity contribution in [3.05, 3.63) is 82.7 Å². The first-order valence-corrected chi connectivity index (χ1v) is 10.5. The van der Waals surface area contributed by atoms with Crippen molar-refractivity contribution in [3.63, 3.8) is 0 Å². The molecule has 0 aliphatic heterocycles. The Morgan fingerprint density at radius 2 is 1.84 bits per heavy atom. The molecule has 0 saturated carbocycles. The Kier molecular flexibility index (Phi) is 5.90. The molecule has 0 aliphatic carbocycles. The normalized spacial score (nSPS) is 11.8. The number of nitrogens with zero attached hydrogens (tertiary/aromatic N) is 2. The van der Waals surface area contributed by atoms with Crippen molar-refractivity contribution in [1.29, 1.82) is 0 Å². The molecular weight excluding hydrogens is 414 g/mol. The van der Waals surface area contributed by atoms with Crippen LogP contribution in [0.5, 0.6) is 0 Å². The lowest BCUT2D eigenvalue weighted by Crippen LogP contribution is -2.33. The van der Waals surface area contributed by atoms with Crippen LogP contribution in [0.4, 0.5) is 5.69 Å². The van der Waals surface area contributed by atoms with Gasteiger partial charge in [0.05, 0.1) is 11.7 Å². The van der Waals surface area contributed by atoms with Crippen LogP contribution in [0.15, 0.2) is 77.2 Å². The van der Waals surface area contributed by atoms with Crippen molar-refractivity contribution >= 4 is 39.1 Å². The number of hydrogen-bond acceptors (Lipinski definition) is 6. The molecule has 0 spiro atoms. The Labute approximate surface area is 181 Å². The molecule has 0 saturated heterocycles. The minimum absolute atomic E-state index is 0.322. The minimum atomic E-state index is -1.04. The SMILES string of the molecule is C[C@H](OC(=O)Cn1cnc2sccc2c1=O)C(=O)Nc1ccccc1-c1ccccc1. The van der Waals surface area contributed by atoms with Gasteiger partial charge in [0, 0.05) is 11.3 Å². The molecule has 31 heavy (non-hydrogen) atoms. The summed E-state index contributed by atoms with van der Waals surface area (Å²) in [7, 11) is 0. The number of thiophene rings is 1. The molecule has 0 radical (unpaired) electrons. The van der Waals surface area contributed by atoms with Crippen LogP contribution >= 0.6 is 11.3 Å². The Morgan fingerprint density at radius 1 is 1.10 bits per heavy atom. The summed E-state index contributed by atoms with van der Waals surface area (Å²) in [6.07, 6.45) is 0.272.